The number of hydrogen-bond acceptors (Lipinski definition) is 3. The van der Waals surface area contributed by atoms with Gasteiger partial charge in [-0.15, -0.1) is 0 Å². The zero-order valence-corrected chi connectivity index (χ0v) is 5.42. The Hall–Kier alpha value is -1.38. The lowest BCUT2D eigenvalue weighted by Gasteiger charge is -1.98. The van der Waals surface area contributed by atoms with Crippen LogP contribution in [0.15, 0.2) is 18.2 Å². The van der Waals surface area contributed by atoms with Crippen molar-refractivity contribution >= 4 is 11.4 Å². The van der Waals surface area contributed by atoms with Gasteiger partial charge in [-0.1, -0.05) is 6.07 Å². The molecule has 3 nitrogen and oxygen atoms in total. The molecule has 1 heterocycles. The number of fused-ring (bicyclic) bond motifs is 1. The van der Waals surface area contributed by atoms with E-state index in [9.17, 15) is 0 Å². The lowest BCUT2D eigenvalue weighted by Crippen LogP contribution is -1.96. The van der Waals surface area contributed by atoms with Crippen LogP contribution in [0.25, 0.3) is 0 Å². The fourth-order valence-corrected chi connectivity index (χ4v) is 1.04. The van der Waals surface area contributed by atoms with Gasteiger partial charge in [-0.05, 0) is 12.1 Å². The molecule has 1 aliphatic heterocycles. The van der Waals surface area contributed by atoms with Crippen molar-refractivity contribution in [1.29, 1.82) is 0 Å². The van der Waals surface area contributed by atoms with Gasteiger partial charge in [0.05, 0.1) is 11.4 Å². The second-order valence-corrected chi connectivity index (χ2v) is 2.19. The molecule has 0 amide bonds. The van der Waals surface area contributed by atoms with Gasteiger partial charge in [0.25, 0.3) is 0 Å². The average molecular weight is 136 g/mol. The minimum absolute atomic E-state index is 0.531. The van der Waals surface area contributed by atoms with Crippen molar-refractivity contribution in [2.45, 2.75) is 0 Å². The van der Waals surface area contributed by atoms with Crippen LogP contribution in [0.3, 0.4) is 0 Å². The maximum Gasteiger partial charge on any atom is 0.167 e. The molecule has 1 aromatic rings. The molecule has 1 aromatic carbocycles. The van der Waals surface area contributed by atoms with E-state index in [0.29, 0.717) is 12.4 Å². The third-order valence-electron chi connectivity index (χ3n) is 1.52. The Morgan fingerprint density at radius 1 is 1.50 bits per heavy atom. The van der Waals surface area contributed by atoms with E-state index in [0.717, 1.165) is 11.4 Å². The molecule has 10 heavy (non-hydrogen) atoms. The summed E-state index contributed by atoms with van der Waals surface area (Å²) in [6.45, 7) is 0.531. The van der Waals surface area contributed by atoms with E-state index in [4.69, 9.17) is 10.5 Å². The number of benzene rings is 1. The smallest absolute Gasteiger partial charge is 0.167 e. The molecule has 0 radical (unpaired) electrons. The Labute approximate surface area is 58.8 Å². The van der Waals surface area contributed by atoms with E-state index in [1.54, 1.807) is 0 Å². The van der Waals surface area contributed by atoms with Crippen molar-refractivity contribution < 1.29 is 4.74 Å². The van der Waals surface area contributed by atoms with Gasteiger partial charge in [0.2, 0.25) is 0 Å². The van der Waals surface area contributed by atoms with Crippen molar-refractivity contribution in [3.05, 3.63) is 18.2 Å². The highest BCUT2D eigenvalue weighted by atomic mass is 16.5. The lowest BCUT2D eigenvalue weighted by atomic mass is 10.2. The number of rotatable bonds is 0. The van der Waals surface area contributed by atoms with Crippen LogP contribution in [0.4, 0.5) is 11.4 Å². The highest BCUT2D eigenvalue weighted by Gasteiger charge is 2.11. The molecule has 0 aliphatic carbocycles. The highest BCUT2D eigenvalue weighted by molar-refractivity contribution is 5.70. The Morgan fingerprint density at radius 3 is 3.20 bits per heavy atom. The number of anilines is 2. The zero-order chi connectivity index (χ0) is 6.97. The predicted molar refractivity (Wildman–Crippen MR) is 40.0 cm³/mol. The quantitative estimate of drug-likeness (QED) is 0.524. The van der Waals surface area contributed by atoms with Crippen molar-refractivity contribution in [2.24, 2.45) is 0 Å². The molecule has 0 bridgehead atoms. The molecule has 3 heteroatoms. The van der Waals surface area contributed by atoms with Crippen LogP contribution in [-0.2, 0) is 0 Å². The van der Waals surface area contributed by atoms with Gasteiger partial charge in [-0.25, -0.2) is 0 Å². The summed E-state index contributed by atoms with van der Waals surface area (Å²) in [5.74, 6) is 0.780. The van der Waals surface area contributed by atoms with Crippen molar-refractivity contribution in [3.8, 4) is 5.75 Å². The third kappa shape index (κ3) is 0.603. The van der Waals surface area contributed by atoms with Gasteiger partial charge >= 0.3 is 0 Å². The SMILES string of the molecule is Nc1cccc2c1OCN2. The number of hydrogen-bond donors (Lipinski definition) is 2. The van der Waals surface area contributed by atoms with E-state index in [2.05, 4.69) is 5.32 Å². The molecular weight excluding hydrogens is 128 g/mol. The molecule has 0 saturated heterocycles. The van der Waals surface area contributed by atoms with Crippen LogP contribution in [-0.4, -0.2) is 6.73 Å². The zero-order valence-electron chi connectivity index (χ0n) is 5.42. The van der Waals surface area contributed by atoms with Crippen LogP contribution in [0, 0.1) is 0 Å². The van der Waals surface area contributed by atoms with E-state index < -0.39 is 0 Å². The standard InChI is InChI=1S/C7H8N2O/c8-5-2-1-3-6-7(5)10-4-9-6/h1-3,9H,4,8H2. The molecular formula is C7H8N2O. The summed E-state index contributed by atoms with van der Waals surface area (Å²) in [5, 5.41) is 3.04. The lowest BCUT2D eigenvalue weighted by molar-refractivity contribution is 0.374. The van der Waals surface area contributed by atoms with Crippen LogP contribution < -0.4 is 15.8 Å². The molecule has 0 unspecified atom stereocenters. The molecule has 2 rings (SSSR count). The van der Waals surface area contributed by atoms with Crippen LogP contribution in [0.5, 0.6) is 5.75 Å². The molecule has 0 fully saturated rings. The van der Waals surface area contributed by atoms with Gasteiger partial charge in [0.15, 0.2) is 12.5 Å². The maximum atomic E-state index is 5.61. The van der Waals surface area contributed by atoms with Gasteiger partial charge in [0.1, 0.15) is 0 Å². The first-order valence-electron chi connectivity index (χ1n) is 3.13. The molecule has 0 atom stereocenters. The summed E-state index contributed by atoms with van der Waals surface area (Å²) < 4.78 is 5.19. The van der Waals surface area contributed by atoms with E-state index in [-0.39, 0.29) is 0 Å². The Kier molecular flexibility index (Phi) is 0.974. The maximum absolute atomic E-state index is 5.61. The number of nitrogen functional groups attached to an aromatic ring is 1. The molecule has 0 aromatic heterocycles. The molecule has 1 aliphatic rings. The Bertz CT molecular complexity index is 260. The minimum Gasteiger partial charge on any atom is -0.469 e. The Balaban J connectivity index is 2.59. The van der Waals surface area contributed by atoms with Gasteiger partial charge in [-0.3, -0.25) is 0 Å². The largest absolute Gasteiger partial charge is 0.469 e. The number of ether oxygens (including phenoxy) is 1. The summed E-state index contributed by atoms with van der Waals surface area (Å²) in [6.07, 6.45) is 0. The monoisotopic (exact) mass is 136 g/mol. The number of nitrogens with two attached hydrogens (primary N) is 1. The summed E-state index contributed by atoms with van der Waals surface area (Å²) in [4.78, 5) is 0. The van der Waals surface area contributed by atoms with Crippen molar-refractivity contribution in [2.75, 3.05) is 17.8 Å². The van der Waals surface area contributed by atoms with Gasteiger partial charge < -0.3 is 15.8 Å². The first kappa shape index (κ1) is 5.41. The minimum atomic E-state index is 0.531. The number of para-hydroxylation sites is 1. The van der Waals surface area contributed by atoms with E-state index in [1.807, 2.05) is 18.2 Å². The molecule has 3 N–H and O–H groups in total. The van der Waals surface area contributed by atoms with Crippen molar-refractivity contribution in [3.63, 3.8) is 0 Å². The predicted octanol–water partition coefficient (Wildman–Crippen LogP) is 1.03. The second-order valence-electron chi connectivity index (χ2n) is 2.19. The van der Waals surface area contributed by atoms with Crippen molar-refractivity contribution in [1.82, 2.24) is 0 Å². The van der Waals surface area contributed by atoms with E-state index >= 15 is 0 Å². The fraction of sp³-hybridized carbons (Fsp3) is 0.143. The summed E-state index contributed by atoms with van der Waals surface area (Å²) in [7, 11) is 0. The molecule has 0 spiro atoms. The third-order valence-corrected chi connectivity index (χ3v) is 1.52. The van der Waals surface area contributed by atoms with Gasteiger partial charge in [0, 0.05) is 0 Å². The highest BCUT2D eigenvalue weighted by Crippen LogP contribution is 2.34. The van der Waals surface area contributed by atoms with Crippen LogP contribution in [0.1, 0.15) is 0 Å². The molecule has 52 valence electrons. The molecule has 0 saturated carbocycles. The van der Waals surface area contributed by atoms with Crippen LogP contribution >= 0.6 is 0 Å². The summed E-state index contributed by atoms with van der Waals surface area (Å²) >= 11 is 0. The first-order chi connectivity index (χ1) is 4.88. The summed E-state index contributed by atoms with van der Waals surface area (Å²) in [5.41, 5.74) is 7.29. The van der Waals surface area contributed by atoms with E-state index in [1.165, 1.54) is 0 Å². The topological polar surface area (TPSA) is 47.3 Å². The van der Waals surface area contributed by atoms with Crippen LogP contribution in [0.2, 0.25) is 0 Å². The average Bonchev–Trinajstić information content (AvgIpc) is 2.36. The fourth-order valence-electron chi connectivity index (χ4n) is 1.04. The summed E-state index contributed by atoms with van der Waals surface area (Å²) in [6, 6.07) is 5.67. The first-order valence-corrected chi connectivity index (χ1v) is 3.13. The number of nitrogens with one attached hydrogen (secondary N) is 1. The van der Waals surface area contributed by atoms with Gasteiger partial charge in [-0.2, -0.15) is 0 Å². The Morgan fingerprint density at radius 2 is 2.40 bits per heavy atom. The second kappa shape index (κ2) is 1.80. The normalized spacial score (nSPS) is 13.6.